The van der Waals surface area contributed by atoms with Crippen molar-refractivity contribution < 1.29 is 4.79 Å². The number of likely N-dealkylation sites (tertiary alicyclic amines) is 1. The Balaban J connectivity index is 1.78. The molecule has 2 unspecified atom stereocenters. The third kappa shape index (κ3) is 2.43. The van der Waals surface area contributed by atoms with E-state index in [9.17, 15) is 4.79 Å². The molecule has 3 rings (SSSR count). The number of amides is 1. The Morgan fingerprint density at radius 3 is 3.05 bits per heavy atom. The molecule has 0 saturated carbocycles. The Morgan fingerprint density at radius 1 is 1.47 bits per heavy atom. The molecule has 2 atom stereocenters. The molecule has 1 amide bonds. The van der Waals surface area contributed by atoms with Crippen molar-refractivity contribution in [3.05, 3.63) is 22.4 Å². The molecule has 4 heteroatoms. The van der Waals surface area contributed by atoms with Crippen molar-refractivity contribution in [3.8, 4) is 0 Å². The molecule has 3 nitrogen and oxygen atoms in total. The summed E-state index contributed by atoms with van der Waals surface area (Å²) in [6.45, 7) is 3.97. The van der Waals surface area contributed by atoms with Gasteiger partial charge >= 0.3 is 0 Å². The van der Waals surface area contributed by atoms with Gasteiger partial charge in [-0.1, -0.05) is 0 Å². The molecule has 2 saturated heterocycles. The normalized spacial score (nSPS) is 31.6. The average Bonchev–Trinajstić information content (AvgIpc) is 3.09. The Labute approximate surface area is 119 Å². The molecule has 2 aliphatic rings. The van der Waals surface area contributed by atoms with E-state index in [4.69, 9.17) is 0 Å². The van der Waals surface area contributed by atoms with E-state index in [1.54, 1.807) is 11.3 Å². The van der Waals surface area contributed by atoms with Gasteiger partial charge in [-0.2, -0.15) is 11.3 Å². The molecular weight excluding hydrogens is 256 g/mol. The number of thiophene rings is 1. The standard InChI is InChI=1S/C15H22N2OS/c1-15(7-2-3-8-16-15)14(18)17-9-4-5-13(17)12-6-10-19-11-12/h6,10-11,13,16H,2-5,7-9H2,1H3. The van der Waals surface area contributed by atoms with Gasteiger partial charge in [0.25, 0.3) is 0 Å². The first-order valence-corrected chi connectivity index (χ1v) is 8.23. The van der Waals surface area contributed by atoms with Gasteiger partial charge in [0, 0.05) is 6.54 Å². The predicted molar refractivity (Wildman–Crippen MR) is 78.3 cm³/mol. The third-order valence-corrected chi connectivity index (χ3v) is 5.23. The van der Waals surface area contributed by atoms with Crippen LogP contribution in [0.25, 0.3) is 0 Å². The highest BCUT2D eigenvalue weighted by Crippen LogP contribution is 2.35. The SMILES string of the molecule is CC1(C(=O)N2CCCC2c2ccsc2)CCCCN1. The lowest BCUT2D eigenvalue weighted by Crippen LogP contribution is -2.57. The minimum Gasteiger partial charge on any atom is -0.334 e. The summed E-state index contributed by atoms with van der Waals surface area (Å²) in [5.41, 5.74) is 0.979. The van der Waals surface area contributed by atoms with Crippen molar-refractivity contribution in [1.82, 2.24) is 10.2 Å². The van der Waals surface area contributed by atoms with Gasteiger partial charge < -0.3 is 10.2 Å². The van der Waals surface area contributed by atoms with Crippen molar-refractivity contribution >= 4 is 17.2 Å². The number of carbonyl (C=O) groups is 1. The fraction of sp³-hybridized carbons (Fsp3) is 0.667. The molecule has 0 spiro atoms. The fourth-order valence-electron chi connectivity index (χ4n) is 3.38. The van der Waals surface area contributed by atoms with Crippen LogP contribution >= 0.6 is 11.3 Å². The second-order valence-corrected chi connectivity index (χ2v) is 6.71. The van der Waals surface area contributed by atoms with Crippen molar-refractivity contribution in [1.29, 1.82) is 0 Å². The van der Waals surface area contributed by atoms with Crippen LogP contribution in [0.3, 0.4) is 0 Å². The monoisotopic (exact) mass is 278 g/mol. The van der Waals surface area contributed by atoms with Gasteiger partial charge in [0.05, 0.1) is 11.6 Å². The van der Waals surface area contributed by atoms with E-state index in [0.29, 0.717) is 11.9 Å². The molecule has 2 fully saturated rings. The second-order valence-electron chi connectivity index (χ2n) is 5.93. The maximum absolute atomic E-state index is 12.9. The van der Waals surface area contributed by atoms with Crippen LogP contribution in [0, 0.1) is 0 Å². The molecule has 0 bridgehead atoms. The lowest BCUT2D eigenvalue weighted by molar-refractivity contribution is -0.139. The first kappa shape index (κ1) is 13.1. The highest BCUT2D eigenvalue weighted by molar-refractivity contribution is 7.07. The number of rotatable bonds is 2. The zero-order chi connectivity index (χ0) is 13.3. The number of carbonyl (C=O) groups excluding carboxylic acids is 1. The fourth-order valence-corrected chi connectivity index (χ4v) is 4.08. The Bertz CT molecular complexity index is 437. The number of hydrogen-bond donors (Lipinski definition) is 1. The molecule has 1 N–H and O–H groups in total. The highest BCUT2D eigenvalue weighted by Gasteiger charge is 2.41. The molecule has 2 aliphatic heterocycles. The molecule has 1 aromatic rings. The molecule has 3 heterocycles. The molecule has 104 valence electrons. The number of nitrogens with one attached hydrogen (secondary N) is 1. The first-order valence-electron chi connectivity index (χ1n) is 7.29. The molecule has 19 heavy (non-hydrogen) atoms. The van der Waals surface area contributed by atoms with Crippen LogP contribution in [0.4, 0.5) is 0 Å². The third-order valence-electron chi connectivity index (χ3n) is 4.53. The van der Waals surface area contributed by atoms with E-state index in [-0.39, 0.29) is 5.54 Å². The molecule has 0 aliphatic carbocycles. The summed E-state index contributed by atoms with van der Waals surface area (Å²) >= 11 is 1.72. The van der Waals surface area contributed by atoms with Gasteiger partial charge in [-0.3, -0.25) is 4.79 Å². The van der Waals surface area contributed by atoms with Crippen LogP contribution in [0.2, 0.25) is 0 Å². The van der Waals surface area contributed by atoms with Crippen LogP contribution in [0.5, 0.6) is 0 Å². The van der Waals surface area contributed by atoms with Crippen molar-refractivity contribution in [2.24, 2.45) is 0 Å². The Kier molecular flexibility index (Phi) is 3.63. The van der Waals surface area contributed by atoms with Crippen molar-refractivity contribution in [2.75, 3.05) is 13.1 Å². The van der Waals surface area contributed by atoms with Gasteiger partial charge in [0.2, 0.25) is 5.91 Å². The minimum atomic E-state index is -0.336. The average molecular weight is 278 g/mol. The quantitative estimate of drug-likeness (QED) is 0.902. The van der Waals surface area contributed by atoms with Gasteiger partial charge in [0.1, 0.15) is 0 Å². The Morgan fingerprint density at radius 2 is 2.37 bits per heavy atom. The zero-order valence-corrected chi connectivity index (χ0v) is 12.3. The topological polar surface area (TPSA) is 32.3 Å². The van der Waals surface area contributed by atoms with Crippen LogP contribution in [-0.2, 0) is 4.79 Å². The highest BCUT2D eigenvalue weighted by atomic mass is 32.1. The van der Waals surface area contributed by atoms with Crippen LogP contribution in [0.1, 0.15) is 50.6 Å². The van der Waals surface area contributed by atoms with Crippen LogP contribution in [0.15, 0.2) is 16.8 Å². The second kappa shape index (κ2) is 5.25. The largest absolute Gasteiger partial charge is 0.334 e. The smallest absolute Gasteiger partial charge is 0.243 e. The maximum atomic E-state index is 12.9. The van der Waals surface area contributed by atoms with Gasteiger partial charge in [-0.15, -0.1) is 0 Å². The van der Waals surface area contributed by atoms with Crippen molar-refractivity contribution in [2.45, 2.75) is 50.6 Å². The summed E-state index contributed by atoms with van der Waals surface area (Å²) in [7, 11) is 0. The van der Waals surface area contributed by atoms with E-state index in [1.807, 2.05) is 0 Å². The Hall–Kier alpha value is -0.870. The lowest BCUT2D eigenvalue weighted by Gasteiger charge is -2.38. The summed E-state index contributed by atoms with van der Waals surface area (Å²) in [6, 6.07) is 2.47. The number of nitrogens with zero attached hydrogens (tertiary/aromatic N) is 1. The van der Waals surface area contributed by atoms with E-state index < -0.39 is 0 Å². The molecule has 1 aromatic heterocycles. The summed E-state index contributed by atoms with van der Waals surface area (Å²) < 4.78 is 0. The molecule has 0 radical (unpaired) electrons. The summed E-state index contributed by atoms with van der Waals surface area (Å²) in [5, 5.41) is 7.74. The van der Waals surface area contributed by atoms with Gasteiger partial charge in [0.15, 0.2) is 0 Å². The van der Waals surface area contributed by atoms with Crippen LogP contribution < -0.4 is 5.32 Å². The number of hydrogen-bond acceptors (Lipinski definition) is 3. The van der Waals surface area contributed by atoms with E-state index >= 15 is 0 Å². The number of piperidine rings is 1. The van der Waals surface area contributed by atoms with E-state index in [2.05, 4.69) is 34.0 Å². The van der Waals surface area contributed by atoms with Crippen LogP contribution in [-0.4, -0.2) is 29.4 Å². The minimum absolute atomic E-state index is 0.305. The first-order chi connectivity index (χ1) is 9.21. The maximum Gasteiger partial charge on any atom is 0.243 e. The zero-order valence-electron chi connectivity index (χ0n) is 11.5. The summed E-state index contributed by atoms with van der Waals surface area (Å²) in [4.78, 5) is 15.0. The van der Waals surface area contributed by atoms with Gasteiger partial charge in [-0.25, -0.2) is 0 Å². The molecular formula is C15H22N2OS. The molecule has 0 aromatic carbocycles. The summed E-state index contributed by atoms with van der Waals surface area (Å²) in [6.07, 6.45) is 5.56. The van der Waals surface area contributed by atoms with E-state index in [1.165, 1.54) is 12.0 Å². The lowest BCUT2D eigenvalue weighted by atomic mass is 9.89. The predicted octanol–water partition coefficient (Wildman–Crippen LogP) is 2.94. The van der Waals surface area contributed by atoms with Gasteiger partial charge in [-0.05, 0) is 68.0 Å². The van der Waals surface area contributed by atoms with E-state index in [0.717, 1.165) is 38.8 Å². The summed E-state index contributed by atoms with van der Waals surface area (Å²) in [5.74, 6) is 0.306. The van der Waals surface area contributed by atoms with Crippen molar-refractivity contribution in [3.63, 3.8) is 0 Å².